The first-order chi connectivity index (χ1) is 9.18. The van der Waals surface area contributed by atoms with Gasteiger partial charge in [0, 0.05) is 18.7 Å². The quantitative estimate of drug-likeness (QED) is 0.615. The number of rotatable bonds is 4. The van der Waals surface area contributed by atoms with Crippen LogP contribution >= 0.6 is 0 Å². The van der Waals surface area contributed by atoms with Crippen LogP contribution < -0.4 is 0 Å². The summed E-state index contributed by atoms with van der Waals surface area (Å²) in [4.78, 5) is 13.0. The number of piperidine rings is 1. The highest BCUT2D eigenvalue weighted by Gasteiger charge is 2.16. The van der Waals surface area contributed by atoms with Crippen LogP contribution in [-0.4, -0.2) is 29.0 Å². The smallest absolute Gasteiger partial charge is 0.276 e. The van der Waals surface area contributed by atoms with Gasteiger partial charge in [-0.25, -0.2) is 0 Å². The van der Waals surface area contributed by atoms with Gasteiger partial charge in [-0.3, -0.25) is 15.0 Å². The first-order valence-electron chi connectivity index (χ1n) is 6.82. The highest BCUT2D eigenvalue weighted by atomic mass is 16.6. The standard InChI is InChI=1S/C15H20N2O2/c1-13-7-4-5-11-16(13)12-6-9-14-8-2-3-10-15(14)17(18)19/h2-3,6,8-10,13H,4-5,7,11-12H2,1H3/b9-6+/t13-/m1/s1. The van der Waals surface area contributed by atoms with E-state index in [1.165, 1.54) is 19.3 Å². The minimum atomic E-state index is -0.330. The molecule has 1 atom stereocenters. The second kappa shape index (κ2) is 6.48. The molecule has 19 heavy (non-hydrogen) atoms. The van der Waals surface area contributed by atoms with Crippen LogP contribution in [0, 0.1) is 10.1 Å². The molecule has 1 aromatic carbocycles. The lowest BCUT2D eigenvalue weighted by molar-refractivity contribution is -0.385. The average Bonchev–Trinajstić information content (AvgIpc) is 2.41. The molecule has 0 amide bonds. The van der Waals surface area contributed by atoms with E-state index in [1.807, 2.05) is 18.2 Å². The molecule has 1 aliphatic heterocycles. The van der Waals surface area contributed by atoms with Crippen LogP contribution in [0.25, 0.3) is 6.08 Å². The fourth-order valence-corrected chi connectivity index (χ4v) is 2.54. The van der Waals surface area contributed by atoms with E-state index >= 15 is 0 Å². The Morgan fingerprint density at radius 1 is 1.42 bits per heavy atom. The number of nitro benzene ring substituents is 1. The van der Waals surface area contributed by atoms with Crippen molar-refractivity contribution in [2.24, 2.45) is 0 Å². The summed E-state index contributed by atoms with van der Waals surface area (Å²) >= 11 is 0. The summed E-state index contributed by atoms with van der Waals surface area (Å²) in [5.41, 5.74) is 0.850. The normalized spacial score (nSPS) is 20.8. The van der Waals surface area contributed by atoms with Crippen molar-refractivity contribution in [2.45, 2.75) is 32.2 Å². The second-order valence-electron chi connectivity index (χ2n) is 5.06. The van der Waals surface area contributed by atoms with Gasteiger partial charge in [-0.05, 0) is 32.4 Å². The van der Waals surface area contributed by atoms with Crippen LogP contribution in [0.1, 0.15) is 31.7 Å². The lowest BCUT2D eigenvalue weighted by Crippen LogP contribution is -2.37. The minimum Gasteiger partial charge on any atom is -0.297 e. The fourth-order valence-electron chi connectivity index (χ4n) is 2.54. The summed E-state index contributed by atoms with van der Waals surface area (Å²) in [5.74, 6) is 0. The van der Waals surface area contributed by atoms with E-state index in [1.54, 1.807) is 18.2 Å². The predicted molar refractivity (Wildman–Crippen MR) is 77.0 cm³/mol. The Morgan fingerprint density at radius 3 is 2.95 bits per heavy atom. The SMILES string of the molecule is C[C@@H]1CCCCN1C/C=C/c1ccccc1[N+](=O)[O-]. The summed E-state index contributed by atoms with van der Waals surface area (Å²) in [7, 11) is 0. The Labute approximate surface area is 113 Å². The van der Waals surface area contributed by atoms with Crippen molar-refractivity contribution in [3.8, 4) is 0 Å². The maximum Gasteiger partial charge on any atom is 0.276 e. The molecule has 1 fully saturated rings. The fraction of sp³-hybridized carbons (Fsp3) is 0.467. The number of likely N-dealkylation sites (tertiary alicyclic amines) is 1. The Kier molecular flexibility index (Phi) is 4.68. The molecule has 0 aromatic heterocycles. The first-order valence-corrected chi connectivity index (χ1v) is 6.82. The molecule has 0 aliphatic carbocycles. The van der Waals surface area contributed by atoms with Crippen LogP contribution in [0.15, 0.2) is 30.3 Å². The molecule has 1 aromatic rings. The Hall–Kier alpha value is -1.68. The van der Waals surface area contributed by atoms with Crippen molar-refractivity contribution in [1.29, 1.82) is 0 Å². The summed E-state index contributed by atoms with van der Waals surface area (Å²) < 4.78 is 0. The Bertz CT molecular complexity index is 471. The average molecular weight is 260 g/mol. The van der Waals surface area contributed by atoms with Gasteiger partial charge in [0.05, 0.1) is 10.5 Å². The molecule has 0 N–H and O–H groups in total. The highest BCUT2D eigenvalue weighted by molar-refractivity contribution is 5.60. The number of hydrogen-bond acceptors (Lipinski definition) is 3. The van der Waals surface area contributed by atoms with Crippen molar-refractivity contribution in [2.75, 3.05) is 13.1 Å². The lowest BCUT2D eigenvalue weighted by Gasteiger charge is -2.32. The van der Waals surface area contributed by atoms with E-state index in [0.717, 1.165) is 13.1 Å². The van der Waals surface area contributed by atoms with Gasteiger partial charge in [0.25, 0.3) is 5.69 Å². The third-order valence-electron chi connectivity index (χ3n) is 3.71. The number of hydrogen-bond donors (Lipinski definition) is 0. The molecule has 0 saturated carbocycles. The van der Waals surface area contributed by atoms with Crippen LogP contribution in [0.5, 0.6) is 0 Å². The number of nitro groups is 1. The summed E-state index contributed by atoms with van der Waals surface area (Å²) in [6, 6.07) is 7.47. The molecule has 4 nitrogen and oxygen atoms in total. The molecular weight excluding hydrogens is 240 g/mol. The van der Waals surface area contributed by atoms with Crippen molar-refractivity contribution < 1.29 is 4.92 Å². The van der Waals surface area contributed by atoms with E-state index in [0.29, 0.717) is 11.6 Å². The molecule has 1 aliphatic rings. The van der Waals surface area contributed by atoms with Crippen LogP contribution in [0.3, 0.4) is 0 Å². The third kappa shape index (κ3) is 3.64. The molecule has 0 bridgehead atoms. The maximum absolute atomic E-state index is 10.9. The third-order valence-corrected chi connectivity index (χ3v) is 3.71. The van der Waals surface area contributed by atoms with Crippen molar-refractivity contribution >= 4 is 11.8 Å². The van der Waals surface area contributed by atoms with E-state index in [9.17, 15) is 10.1 Å². The molecule has 1 saturated heterocycles. The Balaban J connectivity index is 2.00. The van der Waals surface area contributed by atoms with Crippen LogP contribution in [0.2, 0.25) is 0 Å². The molecule has 1 heterocycles. The van der Waals surface area contributed by atoms with Gasteiger partial charge in [-0.15, -0.1) is 0 Å². The zero-order valence-electron chi connectivity index (χ0n) is 11.3. The zero-order chi connectivity index (χ0) is 13.7. The molecule has 0 spiro atoms. The number of para-hydroxylation sites is 1. The summed E-state index contributed by atoms with van der Waals surface area (Å²) in [6.07, 6.45) is 7.71. The summed E-state index contributed by atoms with van der Waals surface area (Å²) in [6.45, 7) is 4.24. The first kappa shape index (κ1) is 13.7. The zero-order valence-corrected chi connectivity index (χ0v) is 11.3. The van der Waals surface area contributed by atoms with Crippen molar-refractivity contribution in [3.63, 3.8) is 0 Å². The topological polar surface area (TPSA) is 46.4 Å². The monoisotopic (exact) mass is 260 g/mol. The number of nitrogens with zero attached hydrogens (tertiary/aromatic N) is 2. The molecule has 0 unspecified atom stereocenters. The van der Waals surface area contributed by atoms with Gasteiger partial charge in [-0.1, -0.05) is 30.7 Å². The molecule has 4 heteroatoms. The molecule has 0 radical (unpaired) electrons. The minimum absolute atomic E-state index is 0.172. The van der Waals surface area contributed by atoms with Gasteiger partial charge in [-0.2, -0.15) is 0 Å². The van der Waals surface area contributed by atoms with Crippen molar-refractivity contribution in [3.05, 3.63) is 46.0 Å². The maximum atomic E-state index is 10.9. The largest absolute Gasteiger partial charge is 0.297 e. The number of benzene rings is 1. The predicted octanol–water partition coefficient (Wildman–Crippen LogP) is 3.48. The van der Waals surface area contributed by atoms with Crippen LogP contribution in [0.4, 0.5) is 5.69 Å². The Morgan fingerprint density at radius 2 is 2.21 bits per heavy atom. The molecular formula is C15H20N2O2. The van der Waals surface area contributed by atoms with E-state index in [-0.39, 0.29) is 10.6 Å². The lowest BCUT2D eigenvalue weighted by atomic mass is 10.0. The van der Waals surface area contributed by atoms with E-state index in [2.05, 4.69) is 11.8 Å². The van der Waals surface area contributed by atoms with Gasteiger partial charge in [0.2, 0.25) is 0 Å². The van der Waals surface area contributed by atoms with Gasteiger partial charge < -0.3 is 0 Å². The van der Waals surface area contributed by atoms with Crippen molar-refractivity contribution in [1.82, 2.24) is 4.90 Å². The van der Waals surface area contributed by atoms with Gasteiger partial charge >= 0.3 is 0 Å². The van der Waals surface area contributed by atoms with E-state index < -0.39 is 0 Å². The van der Waals surface area contributed by atoms with Gasteiger partial charge in [0.15, 0.2) is 0 Å². The van der Waals surface area contributed by atoms with Crippen LogP contribution in [-0.2, 0) is 0 Å². The summed E-state index contributed by atoms with van der Waals surface area (Å²) in [5, 5.41) is 10.9. The van der Waals surface area contributed by atoms with Gasteiger partial charge in [0.1, 0.15) is 0 Å². The molecule has 102 valence electrons. The van der Waals surface area contributed by atoms with E-state index in [4.69, 9.17) is 0 Å². The highest BCUT2D eigenvalue weighted by Crippen LogP contribution is 2.20. The second-order valence-corrected chi connectivity index (χ2v) is 5.06. The molecule has 2 rings (SSSR count).